The molecule has 0 spiro atoms. The molecule has 2 rings (SSSR count). The van der Waals surface area contributed by atoms with Crippen LogP contribution in [0.15, 0.2) is 30.3 Å². The second kappa shape index (κ2) is 4.02. The average Bonchev–Trinajstić information content (AvgIpc) is 2.68. The first-order valence-electron chi connectivity index (χ1n) is 4.57. The fourth-order valence-electron chi connectivity index (χ4n) is 1.26. The molecule has 2 aromatic rings. The molecule has 1 aromatic heterocycles. The van der Waals surface area contributed by atoms with E-state index in [-0.39, 0.29) is 0 Å². The van der Waals surface area contributed by atoms with Crippen LogP contribution >= 0.6 is 0 Å². The zero-order chi connectivity index (χ0) is 9.80. The Bertz CT molecular complexity index is 394. The lowest BCUT2D eigenvalue weighted by molar-refractivity contribution is 0.874. The van der Waals surface area contributed by atoms with Gasteiger partial charge in [0.1, 0.15) is 5.82 Å². The Labute approximate surface area is 82.2 Å². The van der Waals surface area contributed by atoms with E-state index in [1.165, 1.54) is 0 Å². The van der Waals surface area contributed by atoms with Gasteiger partial charge in [0.2, 0.25) is 0 Å². The minimum absolute atomic E-state index is 0.587. The van der Waals surface area contributed by atoms with Gasteiger partial charge in [-0.15, -0.1) is 0 Å². The topological polar surface area (TPSA) is 67.6 Å². The molecule has 0 amide bonds. The number of aromatic nitrogens is 3. The molecule has 0 unspecified atom stereocenters. The lowest BCUT2D eigenvalue weighted by Crippen LogP contribution is -2.03. The molecule has 72 valence electrons. The molecule has 0 aliphatic carbocycles. The van der Waals surface area contributed by atoms with E-state index in [2.05, 4.69) is 15.2 Å². The van der Waals surface area contributed by atoms with Gasteiger partial charge in [-0.25, -0.2) is 4.98 Å². The van der Waals surface area contributed by atoms with Crippen molar-refractivity contribution < 1.29 is 0 Å². The summed E-state index contributed by atoms with van der Waals surface area (Å²) in [5.74, 6) is 1.57. The Morgan fingerprint density at radius 3 is 2.71 bits per heavy atom. The molecule has 1 heterocycles. The summed E-state index contributed by atoms with van der Waals surface area (Å²) in [5.41, 5.74) is 6.44. The summed E-state index contributed by atoms with van der Waals surface area (Å²) in [4.78, 5) is 4.32. The van der Waals surface area contributed by atoms with E-state index in [1.807, 2.05) is 30.3 Å². The third kappa shape index (κ3) is 1.80. The van der Waals surface area contributed by atoms with Crippen molar-refractivity contribution >= 4 is 0 Å². The van der Waals surface area contributed by atoms with Crippen molar-refractivity contribution in [3.63, 3.8) is 0 Å². The monoisotopic (exact) mass is 188 g/mol. The molecule has 0 bridgehead atoms. The number of nitrogens with zero attached hydrogens (tertiary/aromatic N) is 2. The number of aromatic amines is 1. The first kappa shape index (κ1) is 8.90. The maximum Gasteiger partial charge on any atom is 0.181 e. The second-order valence-electron chi connectivity index (χ2n) is 3.01. The number of hydrogen-bond donors (Lipinski definition) is 2. The van der Waals surface area contributed by atoms with Gasteiger partial charge >= 0.3 is 0 Å². The van der Waals surface area contributed by atoms with Crippen molar-refractivity contribution in [2.45, 2.75) is 6.42 Å². The average molecular weight is 188 g/mol. The number of hydrogen-bond acceptors (Lipinski definition) is 3. The van der Waals surface area contributed by atoms with Crippen LogP contribution < -0.4 is 5.73 Å². The number of rotatable bonds is 3. The highest BCUT2D eigenvalue weighted by atomic mass is 15.2. The van der Waals surface area contributed by atoms with Crippen LogP contribution in [0.3, 0.4) is 0 Å². The molecular weight excluding hydrogens is 176 g/mol. The first-order valence-corrected chi connectivity index (χ1v) is 4.57. The molecule has 0 saturated carbocycles. The van der Waals surface area contributed by atoms with Gasteiger partial charge in [0, 0.05) is 12.0 Å². The van der Waals surface area contributed by atoms with Gasteiger partial charge in [-0.1, -0.05) is 30.3 Å². The number of H-pyrrole nitrogens is 1. The smallest absolute Gasteiger partial charge is 0.181 e. The van der Waals surface area contributed by atoms with E-state index in [0.717, 1.165) is 23.6 Å². The molecule has 0 saturated heterocycles. The molecule has 1 aromatic carbocycles. The van der Waals surface area contributed by atoms with Gasteiger partial charge in [0.25, 0.3) is 0 Å². The van der Waals surface area contributed by atoms with Crippen molar-refractivity contribution in [3.05, 3.63) is 36.2 Å². The van der Waals surface area contributed by atoms with Crippen molar-refractivity contribution in [2.75, 3.05) is 6.54 Å². The number of nitrogens with two attached hydrogens (primary N) is 1. The molecule has 0 fully saturated rings. The second-order valence-corrected chi connectivity index (χ2v) is 3.01. The summed E-state index contributed by atoms with van der Waals surface area (Å²) in [5, 5.41) is 6.98. The summed E-state index contributed by atoms with van der Waals surface area (Å²) in [6.45, 7) is 0.587. The SMILES string of the molecule is NCCc1nc(-c2ccccc2)n[nH]1. The van der Waals surface area contributed by atoms with E-state index >= 15 is 0 Å². The Morgan fingerprint density at radius 2 is 2.00 bits per heavy atom. The standard InChI is InChI=1S/C10H12N4/c11-7-6-9-12-10(14-13-9)8-4-2-1-3-5-8/h1-5H,6-7,11H2,(H,12,13,14). The van der Waals surface area contributed by atoms with Crippen molar-refractivity contribution in [1.29, 1.82) is 0 Å². The third-order valence-corrected chi connectivity index (χ3v) is 1.94. The molecule has 0 aliphatic heterocycles. The minimum atomic E-state index is 0.587. The zero-order valence-electron chi connectivity index (χ0n) is 7.77. The molecule has 0 atom stereocenters. The molecular formula is C10H12N4. The highest BCUT2D eigenvalue weighted by molar-refractivity contribution is 5.53. The predicted molar refractivity (Wildman–Crippen MR) is 54.6 cm³/mol. The van der Waals surface area contributed by atoms with Gasteiger partial charge in [-0.05, 0) is 6.54 Å². The molecule has 0 radical (unpaired) electrons. The van der Waals surface area contributed by atoms with E-state index in [1.54, 1.807) is 0 Å². The van der Waals surface area contributed by atoms with E-state index < -0.39 is 0 Å². The molecule has 4 heteroatoms. The zero-order valence-corrected chi connectivity index (χ0v) is 7.77. The summed E-state index contributed by atoms with van der Waals surface area (Å²) >= 11 is 0. The number of benzene rings is 1. The first-order chi connectivity index (χ1) is 6.90. The Hall–Kier alpha value is -1.68. The van der Waals surface area contributed by atoms with Crippen LogP contribution in [0.25, 0.3) is 11.4 Å². The van der Waals surface area contributed by atoms with E-state index in [4.69, 9.17) is 5.73 Å². The van der Waals surface area contributed by atoms with Crippen molar-refractivity contribution in [2.24, 2.45) is 5.73 Å². The Morgan fingerprint density at radius 1 is 1.21 bits per heavy atom. The predicted octanol–water partition coefficient (Wildman–Crippen LogP) is 0.973. The summed E-state index contributed by atoms with van der Waals surface area (Å²) < 4.78 is 0. The molecule has 14 heavy (non-hydrogen) atoms. The lowest BCUT2D eigenvalue weighted by Gasteiger charge is -1.91. The fraction of sp³-hybridized carbons (Fsp3) is 0.200. The summed E-state index contributed by atoms with van der Waals surface area (Å²) in [7, 11) is 0. The highest BCUT2D eigenvalue weighted by Crippen LogP contribution is 2.12. The quantitative estimate of drug-likeness (QED) is 0.754. The number of nitrogens with one attached hydrogen (secondary N) is 1. The van der Waals surface area contributed by atoms with Gasteiger partial charge in [-0.3, -0.25) is 5.10 Å². The fourth-order valence-corrected chi connectivity index (χ4v) is 1.26. The van der Waals surface area contributed by atoms with Gasteiger partial charge in [-0.2, -0.15) is 5.10 Å². The van der Waals surface area contributed by atoms with Crippen LogP contribution in [0, 0.1) is 0 Å². The van der Waals surface area contributed by atoms with Crippen LogP contribution in [-0.2, 0) is 6.42 Å². The molecule has 0 aliphatic rings. The normalized spacial score (nSPS) is 10.4. The Balaban J connectivity index is 2.25. The van der Waals surface area contributed by atoms with Gasteiger partial charge in [0.05, 0.1) is 0 Å². The van der Waals surface area contributed by atoms with Crippen LogP contribution in [0.5, 0.6) is 0 Å². The van der Waals surface area contributed by atoms with Gasteiger partial charge < -0.3 is 5.73 Å². The van der Waals surface area contributed by atoms with E-state index in [0.29, 0.717) is 6.54 Å². The Kier molecular flexibility index (Phi) is 2.55. The maximum atomic E-state index is 5.42. The largest absolute Gasteiger partial charge is 0.330 e. The van der Waals surface area contributed by atoms with E-state index in [9.17, 15) is 0 Å². The highest BCUT2D eigenvalue weighted by Gasteiger charge is 2.03. The van der Waals surface area contributed by atoms with Crippen molar-refractivity contribution in [3.8, 4) is 11.4 Å². The van der Waals surface area contributed by atoms with Crippen LogP contribution in [0.4, 0.5) is 0 Å². The third-order valence-electron chi connectivity index (χ3n) is 1.94. The van der Waals surface area contributed by atoms with Crippen LogP contribution in [0.1, 0.15) is 5.82 Å². The maximum absolute atomic E-state index is 5.42. The minimum Gasteiger partial charge on any atom is -0.330 e. The van der Waals surface area contributed by atoms with Crippen LogP contribution in [0.2, 0.25) is 0 Å². The lowest BCUT2D eigenvalue weighted by atomic mass is 10.2. The summed E-state index contributed by atoms with van der Waals surface area (Å²) in [6, 6.07) is 9.87. The van der Waals surface area contributed by atoms with Crippen molar-refractivity contribution in [1.82, 2.24) is 15.2 Å². The van der Waals surface area contributed by atoms with Gasteiger partial charge in [0.15, 0.2) is 5.82 Å². The molecule has 3 N–H and O–H groups in total. The van der Waals surface area contributed by atoms with Crippen LogP contribution in [-0.4, -0.2) is 21.7 Å². The summed E-state index contributed by atoms with van der Waals surface area (Å²) in [6.07, 6.45) is 0.736. The molecule has 4 nitrogen and oxygen atoms in total.